The molecule has 5 rings (SSSR count). The van der Waals surface area contributed by atoms with Crippen LogP contribution >= 0.6 is 22.9 Å². The number of hydrogen-bond acceptors (Lipinski definition) is 9. The monoisotopic (exact) mass is 619 g/mol. The van der Waals surface area contributed by atoms with E-state index in [4.69, 9.17) is 25.8 Å². The molecule has 0 aliphatic rings. The van der Waals surface area contributed by atoms with Crippen molar-refractivity contribution in [2.45, 2.75) is 26.4 Å². The van der Waals surface area contributed by atoms with Crippen molar-refractivity contribution in [1.82, 2.24) is 19.9 Å². The molecule has 1 atom stereocenters. The first-order valence-corrected chi connectivity index (χ1v) is 13.6. The number of pyridine rings is 1. The van der Waals surface area contributed by atoms with Gasteiger partial charge in [-0.1, -0.05) is 11.6 Å². The molecule has 3 aromatic heterocycles. The summed E-state index contributed by atoms with van der Waals surface area (Å²) in [6.45, 7) is 3.17. The van der Waals surface area contributed by atoms with E-state index in [0.29, 0.717) is 56.5 Å². The lowest BCUT2D eigenvalue weighted by atomic mass is 10.1. The number of rotatable bonds is 10. The van der Waals surface area contributed by atoms with Crippen LogP contribution < -0.4 is 14.8 Å². The largest absolute Gasteiger partial charge is 0.486 e. The minimum absolute atomic E-state index is 0.118. The van der Waals surface area contributed by atoms with Gasteiger partial charge in [0.15, 0.2) is 11.6 Å². The van der Waals surface area contributed by atoms with E-state index in [9.17, 15) is 18.0 Å². The fraction of sp³-hybridized carbons (Fsp3) is 0.250. The molecule has 14 heteroatoms. The third kappa shape index (κ3) is 8.02. The molecular formula is C28H25ClF3N5O4S. The molecular weight excluding hydrogens is 595 g/mol. The second-order valence-electron chi connectivity index (χ2n) is 8.83. The van der Waals surface area contributed by atoms with Crippen molar-refractivity contribution < 1.29 is 32.2 Å². The molecule has 2 aromatic carbocycles. The highest BCUT2D eigenvalue weighted by Crippen LogP contribution is 2.38. The van der Waals surface area contributed by atoms with Gasteiger partial charge in [-0.05, 0) is 32.0 Å². The number of anilines is 1. The molecule has 0 aliphatic heterocycles. The number of nitrogens with one attached hydrogen (secondary N) is 1. The summed E-state index contributed by atoms with van der Waals surface area (Å²) in [6.07, 6.45) is 2.16. The van der Waals surface area contributed by atoms with Crippen molar-refractivity contribution in [3.63, 3.8) is 0 Å². The van der Waals surface area contributed by atoms with E-state index in [-0.39, 0.29) is 17.6 Å². The second-order valence-corrected chi connectivity index (χ2v) is 10.3. The van der Waals surface area contributed by atoms with Crippen LogP contribution in [0.3, 0.4) is 0 Å². The average molecular weight is 620 g/mol. The molecule has 1 unspecified atom stereocenters. The summed E-state index contributed by atoms with van der Waals surface area (Å²) in [6, 6.07) is 7.90. The number of nitrogens with zero attached hydrogens (tertiary/aromatic N) is 4. The molecule has 1 N–H and O–H groups in total. The van der Waals surface area contributed by atoms with E-state index in [2.05, 4.69) is 25.3 Å². The van der Waals surface area contributed by atoms with Crippen LogP contribution in [0, 0.1) is 12.7 Å². The van der Waals surface area contributed by atoms with Gasteiger partial charge in [0.1, 0.15) is 29.3 Å². The maximum atomic E-state index is 14.5. The zero-order valence-corrected chi connectivity index (χ0v) is 24.2. The first kappa shape index (κ1) is 30.9. The van der Waals surface area contributed by atoms with Gasteiger partial charge in [0.05, 0.1) is 46.6 Å². The van der Waals surface area contributed by atoms with Crippen molar-refractivity contribution in [3.8, 4) is 22.1 Å². The van der Waals surface area contributed by atoms with Gasteiger partial charge >= 0.3 is 0 Å². The zero-order valence-electron chi connectivity index (χ0n) is 22.6. The number of fused-ring (bicyclic) bond motifs is 2. The number of benzene rings is 2. The Morgan fingerprint density at radius 1 is 1.07 bits per heavy atom. The zero-order chi connectivity index (χ0) is 30.2. The molecule has 1 amide bonds. The van der Waals surface area contributed by atoms with Crippen molar-refractivity contribution in [2.24, 2.45) is 0 Å². The highest BCUT2D eigenvalue weighted by molar-refractivity contribution is 7.21. The molecule has 0 fully saturated rings. The van der Waals surface area contributed by atoms with Crippen molar-refractivity contribution in [3.05, 3.63) is 65.6 Å². The Labute approximate surface area is 247 Å². The maximum Gasteiger partial charge on any atom is 0.272 e. The smallest absolute Gasteiger partial charge is 0.272 e. The molecule has 0 saturated carbocycles. The Hall–Kier alpha value is -4.07. The second kappa shape index (κ2) is 14.2. The summed E-state index contributed by atoms with van der Waals surface area (Å²) in [7, 11) is 1.55. The third-order valence-electron chi connectivity index (χ3n) is 5.51. The van der Waals surface area contributed by atoms with Crippen molar-refractivity contribution in [1.29, 1.82) is 0 Å². The van der Waals surface area contributed by atoms with Crippen LogP contribution in [0.5, 0.6) is 11.5 Å². The van der Waals surface area contributed by atoms with E-state index in [1.807, 2.05) is 0 Å². The number of carbonyl (C=O) groups excluding carboxylic acids is 1. The highest BCUT2D eigenvalue weighted by atomic mass is 35.5. The summed E-state index contributed by atoms with van der Waals surface area (Å²) in [5, 5.41) is 4.05. The summed E-state index contributed by atoms with van der Waals surface area (Å²) in [5.74, 6) is 0.500. The highest BCUT2D eigenvalue weighted by Gasteiger charge is 2.17. The van der Waals surface area contributed by atoms with Gasteiger partial charge in [-0.25, -0.2) is 28.1 Å². The predicted octanol–water partition coefficient (Wildman–Crippen LogP) is 6.71. The minimum atomic E-state index is -2.59. The molecule has 0 aliphatic carbocycles. The van der Waals surface area contributed by atoms with Crippen LogP contribution in [0.1, 0.15) is 12.7 Å². The Balaban J connectivity index is 0.000000343. The SMILES string of the molecule is COCC(C)Oc1cc2sc(-c3cc(Cl)cc4cc(OCC(F)F)cnc34)nc2cc1F.Cc1ncc(NC=O)cn1. The Morgan fingerprint density at radius 3 is 2.52 bits per heavy atom. The number of methoxy groups -OCH3 is 1. The molecule has 9 nitrogen and oxygen atoms in total. The number of carbonyl (C=O) groups is 1. The summed E-state index contributed by atoms with van der Waals surface area (Å²) in [4.78, 5) is 26.5. The van der Waals surface area contributed by atoms with E-state index in [1.54, 1.807) is 57.6 Å². The van der Waals surface area contributed by atoms with Gasteiger partial charge in [0.2, 0.25) is 6.41 Å². The van der Waals surface area contributed by atoms with Gasteiger partial charge in [-0.15, -0.1) is 11.3 Å². The Bertz CT molecular complexity index is 1670. The number of thiazole rings is 1. The van der Waals surface area contributed by atoms with E-state index in [0.717, 1.165) is 4.70 Å². The third-order valence-corrected chi connectivity index (χ3v) is 6.78. The van der Waals surface area contributed by atoms with Crippen LogP contribution in [0.2, 0.25) is 5.02 Å². The first-order chi connectivity index (χ1) is 20.2. The lowest BCUT2D eigenvalue weighted by Gasteiger charge is -2.14. The fourth-order valence-corrected chi connectivity index (χ4v) is 4.97. The molecule has 0 saturated heterocycles. The predicted molar refractivity (Wildman–Crippen MR) is 155 cm³/mol. The number of hydrogen-bond donors (Lipinski definition) is 1. The number of aromatic nitrogens is 4. The topological polar surface area (TPSA) is 108 Å². The van der Waals surface area contributed by atoms with Crippen LogP contribution in [0.25, 0.3) is 31.7 Å². The number of alkyl halides is 2. The van der Waals surface area contributed by atoms with Crippen LogP contribution in [-0.2, 0) is 9.53 Å². The Kier molecular flexibility index (Phi) is 10.4. The van der Waals surface area contributed by atoms with Gasteiger partial charge < -0.3 is 19.5 Å². The van der Waals surface area contributed by atoms with Gasteiger partial charge in [0, 0.05) is 35.2 Å². The Morgan fingerprint density at radius 2 is 1.83 bits per heavy atom. The van der Waals surface area contributed by atoms with Gasteiger partial charge in [-0.3, -0.25) is 9.78 Å². The van der Waals surface area contributed by atoms with Gasteiger partial charge in [-0.2, -0.15) is 0 Å². The average Bonchev–Trinajstić information content (AvgIpc) is 3.35. The number of amides is 1. The van der Waals surface area contributed by atoms with Crippen molar-refractivity contribution in [2.75, 3.05) is 25.6 Å². The summed E-state index contributed by atoms with van der Waals surface area (Å²) < 4.78 is 55.8. The first-order valence-electron chi connectivity index (χ1n) is 12.4. The summed E-state index contributed by atoms with van der Waals surface area (Å²) in [5.41, 5.74) is 2.30. The molecule has 0 radical (unpaired) electrons. The normalized spacial score (nSPS) is 11.7. The minimum Gasteiger partial charge on any atom is -0.486 e. The lowest BCUT2D eigenvalue weighted by molar-refractivity contribution is -0.105. The fourth-order valence-electron chi connectivity index (χ4n) is 3.75. The molecule has 220 valence electrons. The quantitative estimate of drug-likeness (QED) is 0.172. The molecule has 3 heterocycles. The number of halogens is 4. The maximum absolute atomic E-state index is 14.5. The molecule has 42 heavy (non-hydrogen) atoms. The number of ether oxygens (including phenoxy) is 3. The van der Waals surface area contributed by atoms with E-state index >= 15 is 0 Å². The standard InChI is InChI=1S/C22H18ClF3N2O3S.C6H7N3O/c1-11(9-29-2)31-18-7-19-17(6-16(18)24)28-22(32-19)15-5-13(23)3-12-4-14(8-27-21(12)15)30-10-20(25)26;1-5-7-2-6(3-8-5)9-4-10/h3-8,11,20H,9-10H2,1-2H3;2-4H,1H3,(H,9,10). The molecule has 0 spiro atoms. The van der Waals surface area contributed by atoms with E-state index < -0.39 is 18.8 Å². The number of aryl methyl sites for hydroxylation is 1. The lowest BCUT2D eigenvalue weighted by Crippen LogP contribution is -2.18. The van der Waals surface area contributed by atoms with Crippen molar-refractivity contribution >= 4 is 56.2 Å². The molecule has 0 bridgehead atoms. The van der Waals surface area contributed by atoms with Gasteiger partial charge in [0.25, 0.3) is 6.43 Å². The molecule has 5 aromatic rings. The summed E-state index contributed by atoms with van der Waals surface area (Å²) >= 11 is 7.62. The van der Waals surface area contributed by atoms with Crippen LogP contribution in [-0.4, -0.2) is 59.2 Å². The van der Waals surface area contributed by atoms with Crippen LogP contribution in [0.4, 0.5) is 18.9 Å². The van der Waals surface area contributed by atoms with Crippen LogP contribution in [0.15, 0.2) is 48.9 Å². The van der Waals surface area contributed by atoms with E-state index in [1.165, 1.54) is 23.6 Å².